The zero-order chi connectivity index (χ0) is 26.9. The molecule has 3 N–H and O–H groups in total. The summed E-state index contributed by atoms with van der Waals surface area (Å²) in [5.41, 5.74) is 3.43. The number of amides is 1. The minimum Gasteiger partial charge on any atom is -0.395 e. The first-order valence-corrected chi connectivity index (χ1v) is 14.4. The molecule has 38 heavy (non-hydrogen) atoms. The largest absolute Gasteiger partial charge is 0.395 e. The molecule has 0 bridgehead atoms. The molecule has 2 aliphatic heterocycles. The van der Waals surface area contributed by atoms with Gasteiger partial charge in [0.1, 0.15) is 11.6 Å². The van der Waals surface area contributed by atoms with Crippen LogP contribution in [0.2, 0.25) is 0 Å². The van der Waals surface area contributed by atoms with E-state index in [1.54, 1.807) is 12.1 Å². The van der Waals surface area contributed by atoms with E-state index in [1.807, 2.05) is 36.9 Å². The summed E-state index contributed by atoms with van der Waals surface area (Å²) in [6.07, 6.45) is 4.49. The van der Waals surface area contributed by atoms with Crippen LogP contribution in [0.3, 0.4) is 0 Å². The van der Waals surface area contributed by atoms with Crippen molar-refractivity contribution in [2.75, 3.05) is 52.6 Å². The van der Waals surface area contributed by atoms with Gasteiger partial charge in [0.15, 0.2) is 0 Å². The third-order valence-electron chi connectivity index (χ3n) is 8.00. The summed E-state index contributed by atoms with van der Waals surface area (Å²) in [7, 11) is 0. The molecule has 7 nitrogen and oxygen atoms in total. The van der Waals surface area contributed by atoms with Gasteiger partial charge in [-0.2, -0.15) is 0 Å². The number of aryl methyl sites for hydroxylation is 1. The second-order valence-electron chi connectivity index (χ2n) is 11.1. The Bertz CT molecular complexity index is 1160. The number of halogens is 2. The normalized spacial score (nSPS) is 20.8. The number of piperidine rings is 2. The van der Waals surface area contributed by atoms with E-state index in [0.29, 0.717) is 28.3 Å². The number of alkyl halides is 2. The number of benzene rings is 1. The maximum absolute atomic E-state index is 13.7. The van der Waals surface area contributed by atoms with Gasteiger partial charge in [-0.1, -0.05) is 0 Å². The summed E-state index contributed by atoms with van der Waals surface area (Å²) in [6.45, 7) is 6.22. The van der Waals surface area contributed by atoms with Gasteiger partial charge in [0, 0.05) is 55.6 Å². The molecule has 0 radical (unpaired) electrons. The van der Waals surface area contributed by atoms with Crippen molar-refractivity contribution in [3.8, 4) is 0 Å². The topological polar surface area (TPSA) is 80.7 Å². The van der Waals surface area contributed by atoms with E-state index >= 15 is 0 Å². The second-order valence-corrected chi connectivity index (χ2v) is 12.4. The first-order valence-electron chi connectivity index (χ1n) is 13.5. The summed E-state index contributed by atoms with van der Waals surface area (Å²) in [4.78, 5) is 22.6. The Kier molecular flexibility index (Phi) is 7.73. The number of hydrogen-bond acceptors (Lipinski definition) is 7. The zero-order valence-corrected chi connectivity index (χ0v) is 22.9. The number of hydrogen-bond donors (Lipinski definition) is 3. The number of anilines is 4. The van der Waals surface area contributed by atoms with E-state index in [-0.39, 0.29) is 43.7 Å². The van der Waals surface area contributed by atoms with E-state index in [4.69, 9.17) is 4.98 Å². The SMILES string of the molecule is Cc1cc(NC(=O)c2ccc(NSC(C)CO)nc2N2CCC3(CC2)CC3)cc(N2CCC(F)(F)CC2)c1. The maximum atomic E-state index is 13.7. The lowest BCUT2D eigenvalue weighted by Gasteiger charge is -2.34. The maximum Gasteiger partial charge on any atom is 0.259 e. The number of aliphatic hydroxyl groups excluding tert-OH is 1. The minimum absolute atomic E-state index is 0.00887. The van der Waals surface area contributed by atoms with Gasteiger partial charge in [-0.15, -0.1) is 0 Å². The van der Waals surface area contributed by atoms with Crippen LogP contribution in [0.25, 0.3) is 0 Å². The number of nitrogens with one attached hydrogen (secondary N) is 2. The molecule has 1 unspecified atom stereocenters. The monoisotopic (exact) mass is 545 g/mol. The van der Waals surface area contributed by atoms with Crippen LogP contribution in [0.15, 0.2) is 30.3 Å². The van der Waals surface area contributed by atoms with Gasteiger partial charge in [-0.25, -0.2) is 13.8 Å². The van der Waals surface area contributed by atoms with E-state index < -0.39 is 5.92 Å². The average Bonchev–Trinajstić information content (AvgIpc) is 3.65. The Morgan fingerprint density at radius 2 is 1.74 bits per heavy atom. The third-order valence-corrected chi connectivity index (χ3v) is 8.88. The van der Waals surface area contributed by atoms with Crippen molar-refractivity contribution in [2.45, 2.75) is 63.5 Å². The molecule has 2 aromatic rings. The van der Waals surface area contributed by atoms with Crippen LogP contribution in [0.1, 0.15) is 61.4 Å². The fraction of sp³-hybridized carbons (Fsp3) is 0.571. The molecule has 1 amide bonds. The molecule has 206 valence electrons. The summed E-state index contributed by atoms with van der Waals surface area (Å²) in [6, 6.07) is 9.32. The fourth-order valence-electron chi connectivity index (χ4n) is 5.30. The fourth-order valence-corrected chi connectivity index (χ4v) is 5.81. The Morgan fingerprint density at radius 1 is 1.05 bits per heavy atom. The summed E-state index contributed by atoms with van der Waals surface area (Å²) in [5, 5.41) is 12.4. The molecule has 1 aliphatic carbocycles. The molecular formula is C28H37F2N5O2S. The molecule has 2 saturated heterocycles. The highest BCUT2D eigenvalue weighted by atomic mass is 32.2. The number of rotatable bonds is 8. The standard InChI is InChI=1S/C28H37F2N5O2S/c1-19-15-21(17-22(16-19)34-13-9-28(29,30)10-14-34)31-26(37)23-3-4-24(33-38-20(2)18-36)32-25(23)35-11-7-27(5-6-27)8-12-35/h3-4,15-17,20,36H,5-14,18H2,1-2H3,(H,31,37)(H,32,33). The van der Waals surface area contributed by atoms with Gasteiger partial charge in [-0.05, 0) is 92.8 Å². The van der Waals surface area contributed by atoms with Crippen molar-refractivity contribution < 1.29 is 18.7 Å². The molecule has 5 rings (SSSR count). The molecule has 3 aliphatic rings. The Morgan fingerprint density at radius 3 is 2.39 bits per heavy atom. The van der Waals surface area contributed by atoms with Crippen LogP contribution in [-0.2, 0) is 0 Å². The molecule has 1 aromatic carbocycles. The molecule has 1 saturated carbocycles. The van der Waals surface area contributed by atoms with Crippen LogP contribution < -0.4 is 19.8 Å². The van der Waals surface area contributed by atoms with Crippen molar-refractivity contribution in [3.05, 3.63) is 41.5 Å². The van der Waals surface area contributed by atoms with Crippen molar-refractivity contribution in [3.63, 3.8) is 0 Å². The van der Waals surface area contributed by atoms with Gasteiger partial charge in [0.25, 0.3) is 11.8 Å². The molecule has 1 aromatic heterocycles. The van der Waals surface area contributed by atoms with Gasteiger partial charge in [-0.3, -0.25) is 4.79 Å². The molecule has 3 fully saturated rings. The molecule has 3 heterocycles. The van der Waals surface area contributed by atoms with E-state index in [2.05, 4.69) is 14.9 Å². The van der Waals surface area contributed by atoms with Crippen LogP contribution in [-0.4, -0.2) is 60.0 Å². The van der Waals surface area contributed by atoms with Crippen molar-refractivity contribution in [2.24, 2.45) is 5.41 Å². The molecular weight excluding hydrogens is 508 g/mol. The number of pyridine rings is 1. The van der Waals surface area contributed by atoms with Crippen molar-refractivity contribution in [1.82, 2.24) is 4.98 Å². The lowest BCUT2D eigenvalue weighted by atomic mass is 9.93. The van der Waals surface area contributed by atoms with Crippen LogP contribution in [0, 0.1) is 12.3 Å². The van der Waals surface area contributed by atoms with Crippen LogP contribution in [0.4, 0.5) is 31.8 Å². The summed E-state index contributed by atoms with van der Waals surface area (Å²) >= 11 is 1.39. The van der Waals surface area contributed by atoms with Gasteiger partial charge in [0.2, 0.25) is 0 Å². The number of carbonyl (C=O) groups is 1. The van der Waals surface area contributed by atoms with Crippen molar-refractivity contribution >= 4 is 40.9 Å². The number of carbonyl (C=O) groups excluding carboxylic acids is 1. The number of aromatic nitrogens is 1. The van der Waals surface area contributed by atoms with E-state index in [9.17, 15) is 18.7 Å². The highest BCUT2D eigenvalue weighted by molar-refractivity contribution is 8.01. The Balaban J connectivity index is 1.35. The third kappa shape index (κ3) is 6.34. The van der Waals surface area contributed by atoms with E-state index in [0.717, 1.165) is 37.2 Å². The van der Waals surface area contributed by atoms with Crippen LogP contribution >= 0.6 is 11.9 Å². The summed E-state index contributed by atoms with van der Waals surface area (Å²) < 4.78 is 30.6. The first kappa shape index (κ1) is 27.0. The Labute approximate surface area is 227 Å². The van der Waals surface area contributed by atoms with Crippen molar-refractivity contribution in [1.29, 1.82) is 0 Å². The second kappa shape index (κ2) is 10.9. The molecule has 1 spiro atoms. The lowest BCUT2D eigenvalue weighted by molar-refractivity contribution is -0.0220. The average molecular weight is 546 g/mol. The Hall–Kier alpha value is -2.59. The lowest BCUT2D eigenvalue weighted by Crippen LogP contribution is -2.39. The predicted octanol–water partition coefficient (Wildman–Crippen LogP) is 5.70. The number of aliphatic hydroxyl groups is 1. The quantitative estimate of drug-likeness (QED) is 0.367. The van der Waals surface area contributed by atoms with Gasteiger partial charge in [0.05, 0.1) is 12.2 Å². The molecule has 10 heteroatoms. The smallest absolute Gasteiger partial charge is 0.259 e. The minimum atomic E-state index is -2.61. The highest BCUT2D eigenvalue weighted by Gasteiger charge is 2.45. The first-order chi connectivity index (χ1) is 18.2. The van der Waals surface area contributed by atoms with Gasteiger partial charge >= 0.3 is 0 Å². The number of nitrogens with zero attached hydrogens (tertiary/aromatic N) is 3. The van der Waals surface area contributed by atoms with Gasteiger partial charge < -0.3 is 24.9 Å². The summed E-state index contributed by atoms with van der Waals surface area (Å²) in [5.74, 6) is -1.55. The highest BCUT2D eigenvalue weighted by Crippen LogP contribution is 2.54. The van der Waals surface area contributed by atoms with Crippen LogP contribution in [0.5, 0.6) is 0 Å². The predicted molar refractivity (Wildman–Crippen MR) is 151 cm³/mol. The molecule has 1 atom stereocenters. The van der Waals surface area contributed by atoms with E-state index in [1.165, 1.54) is 24.8 Å². The zero-order valence-electron chi connectivity index (χ0n) is 22.1.